The minimum Gasteiger partial charge on any atom is -0.391 e. The van der Waals surface area contributed by atoms with Crippen molar-refractivity contribution in [1.82, 2.24) is 14.9 Å². The molecule has 0 saturated heterocycles. The van der Waals surface area contributed by atoms with E-state index in [0.29, 0.717) is 20.6 Å². The lowest BCUT2D eigenvalue weighted by Crippen LogP contribution is -2.33. The van der Waals surface area contributed by atoms with Gasteiger partial charge in [-0.15, -0.1) is 5.10 Å². The van der Waals surface area contributed by atoms with Crippen LogP contribution in [-0.2, 0) is 10.0 Å². The van der Waals surface area contributed by atoms with E-state index in [2.05, 4.69) is 30.8 Å². The number of nitrogens with zero attached hydrogens (tertiary/aromatic N) is 1. The molecule has 0 aliphatic rings. The van der Waals surface area contributed by atoms with Crippen LogP contribution in [0.2, 0.25) is 5.02 Å². The molecule has 2 unspecified atom stereocenters. The van der Waals surface area contributed by atoms with Crippen LogP contribution in [0.15, 0.2) is 48.9 Å². The quantitative estimate of drug-likeness (QED) is 0.504. The first kappa shape index (κ1) is 22.7. The Bertz CT molecular complexity index is 1260. The van der Waals surface area contributed by atoms with Crippen LogP contribution in [0.1, 0.15) is 41.5 Å². The molecule has 160 valence electrons. The second-order valence-corrected chi connectivity index (χ2v) is 9.79. The third-order valence-electron chi connectivity index (χ3n) is 4.89. The Balaban J connectivity index is 2.09. The highest BCUT2D eigenvalue weighted by Gasteiger charge is 2.33. The van der Waals surface area contributed by atoms with Gasteiger partial charge in [-0.25, -0.2) is 22.7 Å². The van der Waals surface area contributed by atoms with Gasteiger partial charge in [-0.3, -0.25) is 0 Å². The molecule has 2 N–H and O–H groups in total. The fourth-order valence-corrected chi connectivity index (χ4v) is 5.09. The normalized spacial score (nSPS) is 13.9. The van der Waals surface area contributed by atoms with Crippen molar-refractivity contribution >= 4 is 37.6 Å². The summed E-state index contributed by atoms with van der Waals surface area (Å²) in [4.78, 5) is 11.4. The highest BCUT2D eigenvalue weighted by atomic mass is 79.9. The van der Waals surface area contributed by atoms with Gasteiger partial charge in [0, 0.05) is 10.4 Å². The van der Waals surface area contributed by atoms with Crippen LogP contribution >= 0.6 is 27.5 Å². The maximum absolute atomic E-state index is 14.7. The van der Waals surface area contributed by atoms with Gasteiger partial charge in [0.05, 0.1) is 9.92 Å². The van der Waals surface area contributed by atoms with Crippen LogP contribution in [-0.4, -0.2) is 18.6 Å². The van der Waals surface area contributed by atoms with Crippen molar-refractivity contribution in [2.75, 3.05) is 0 Å². The van der Waals surface area contributed by atoms with Crippen LogP contribution in [0.3, 0.4) is 0 Å². The third-order valence-corrected chi connectivity index (χ3v) is 7.54. The number of hydrogen-bond donors (Lipinski definition) is 2. The largest absolute Gasteiger partial charge is 0.434 e. The summed E-state index contributed by atoms with van der Waals surface area (Å²) in [5.41, 5.74) is 1.80. The predicted octanol–water partition coefficient (Wildman–Crippen LogP) is 4.36. The van der Waals surface area contributed by atoms with Crippen LogP contribution in [0, 0.1) is 19.7 Å². The molecule has 2 atom stereocenters. The lowest BCUT2D eigenvalue weighted by Gasteiger charge is -2.25. The molecule has 0 aliphatic carbocycles. The minimum absolute atomic E-state index is 0.0738. The molecule has 2 aromatic carbocycles. The van der Waals surface area contributed by atoms with Crippen molar-refractivity contribution in [1.29, 1.82) is 0 Å². The summed E-state index contributed by atoms with van der Waals surface area (Å²) >= 11 is 9.14. The standard InChI is InChI=1S/C19H18BrClFN3O4S/c1-9-4-7-15(22)16(10(9)2)11(3)17(18-23-24-19(26)29-18)25-30(27,28)12-5-6-14(21)13(20)8-12/h4-8,11,17,25H,1-3H3,(H,24,26). The van der Waals surface area contributed by atoms with Crippen LogP contribution in [0.25, 0.3) is 0 Å². The number of aryl methyl sites for hydroxylation is 1. The summed E-state index contributed by atoms with van der Waals surface area (Å²) in [5, 5.41) is 6.22. The SMILES string of the molecule is Cc1ccc(F)c(C(C)C(NS(=O)(=O)c2ccc(Cl)c(Br)c2)c2n[nH]c(=O)o2)c1C. The number of aromatic amines is 1. The van der Waals surface area contributed by atoms with Crippen LogP contribution in [0.4, 0.5) is 4.39 Å². The first-order valence-electron chi connectivity index (χ1n) is 8.79. The molecule has 3 rings (SSSR count). The zero-order chi connectivity index (χ0) is 22.2. The molecule has 0 amide bonds. The fraction of sp³-hybridized carbons (Fsp3) is 0.263. The van der Waals surface area contributed by atoms with Crippen molar-refractivity contribution in [3.63, 3.8) is 0 Å². The van der Waals surface area contributed by atoms with Crippen molar-refractivity contribution in [3.05, 3.63) is 78.8 Å². The van der Waals surface area contributed by atoms with E-state index in [4.69, 9.17) is 16.0 Å². The number of benzene rings is 2. The number of halogens is 3. The summed E-state index contributed by atoms with van der Waals surface area (Å²) in [7, 11) is -4.10. The molecule has 7 nitrogen and oxygen atoms in total. The topological polar surface area (TPSA) is 105 Å². The Morgan fingerprint density at radius 1 is 1.27 bits per heavy atom. The first-order chi connectivity index (χ1) is 14.0. The van der Waals surface area contributed by atoms with Gasteiger partial charge >= 0.3 is 5.76 Å². The van der Waals surface area contributed by atoms with E-state index in [1.54, 1.807) is 19.9 Å². The Kier molecular flexibility index (Phi) is 6.51. The lowest BCUT2D eigenvalue weighted by atomic mass is 9.88. The van der Waals surface area contributed by atoms with E-state index in [-0.39, 0.29) is 10.8 Å². The number of H-pyrrole nitrogens is 1. The molecule has 1 heterocycles. The van der Waals surface area contributed by atoms with E-state index in [0.717, 1.165) is 5.56 Å². The van der Waals surface area contributed by atoms with Crippen LogP contribution < -0.4 is 10.5 Å². The molecule has 0 fully saturated rings. The highest BCUT2D eigenvalue weighted by Crippen LogP contribution is 2.35. The maximum atomic E-state index is 14.7. The lowest BCUT2D eigenvalue weighted by molar-refractivity contribution is 0.377. The van der Waals surface area contributed by atoms with E-state index < -0.39 is 33.6 Å². The molecule has 0 spiro atoms. The summed E-state index contributed by atoms with van der Waals surface area (Å²) in [6.45, 7) is 5.20. The molecule has 0 saturated carbocycles. The third kappa shape index (κ3) is 4.51. The summed E-state index contributed by atoms with van der Waals surface area (Å²) < 4.78 is 48.7. The van der Waals surface area contributed by atoms with Crippen molar-refractivity contribution in [2.24, 2.45) is 0 Å². The molecule has 0 aliphatic heterocycles. The van der Waals surface area contributed by atoms with Gasteiger partial charge in [-0.05, 0) is 70.7 Å². The average molecular weight is 519 g/mol. The van der Waals surface area contributed by atoms with E-state index >= 15 is 0 Å². The molecule has 1 aromatic heterocycles. The number of nitrogens with one attached hydrogen (secondary N) is 2. The monoisotopic (exact) mass is 517 g/mol. The van der Waals surface area contributed by atoms with E-state index in [9.17, 15) is 17.6 Å². The molecule has 0 bridgehead atoms. The van der Waals surface area contributed by atoms with E-state index in [1.807, 2.05) is 6.92 Å². The van der Waals surface area contributed by atoms with Crippen molar-refractivity contribution < 1.29 is 17.2 Å². The molecule has 30 heavy (non-hydrogen) atoms. The highest BCUT2D eigenvalue weighted by molar-refractivity contribution is 9.10. The number of rotatable bonds is 6. The Labute approximate surface area is 185 Å². The van der Waals surface area contributed by atoms with Gasteiger partial charge in [0.1, 0.15) is 11.9 Å². The molecular weight excluding hydrogens is 501 g/mol. The number of aromatic nitrogens is 2. The van der Waals surface area contributed by atoms with Gasteiger partial charge in [0.15, 0.2) is 0 Å². The summed E-state index contributed by atoms with van der Waals surface area (Å²) in [6, 6.07) is 5.90. The zero-order valence-electron chi connectivity index (χ0n) is 16.2. The predicted molar refractivity (Wildman–Crippen MR) is 114 cm³/mol. The van der Waals surface area contributed by atoms with Gasteiger partial charge in [0.25, 0.3) is 0 Å². The zero-order valence-corrected chi connectivity index (χ0v) is 19.3. The maximum Gasteiger partial charge on any atom is 0.434 e. The van der Waals surface area contributed by atoms with Gasteiger partial charge in [-0.2, -0.15) is 4.72 Å². The number of hydrogen-bond acceptors (Lipinski definition) is 5. The van der Waals surface area contributed by atoms with Crippen molar-refractivity contribution in [3.8, 4) is 0 Å². The minimum atomic E-state index is -4.10. The second kappa shape index (κ2) is 8.62. The molecule has 11 heteroatoms. The summed E-state index contributed by atoms with van der Waals surface area (Å²) in [6.07, 6.45) is 0. The first-order valence-corrected chi connectivity index (χ1v) is 11.4. The average Bonchev–Trinajstić information content (AvgIpc) is 3.11. The Morgan fingerprint density at radius 3 is 2.57 bits per heavy atom. The smallest absolute Gasteiger partial charge is 0.391 e. The summed E-state index contributed by atoms with van der Waals surface area (Å²) in [5.74, 6) is -2.30. The Hall–Kier alpha value is -2.01. The van der Waals surface area contributed by atoms with E-state index in [1.165, 1.54) is 24.3 Å². The van der Waals surface area contributed by atoms with Gasteiger partial charge in [-0.1, -0.05) is 24.6 Å². The molecular formula is C19H18BrClFN3O4S. The van der Waals surface area contributed by atoms with Crippen LogP contribution in [0.5, 0.6) is 0 Å². The second-order valence-electron chi connectivity index (χ2n) is 6.82. The fourth-order valence-electron chi connectivity index (χ4n) is 3.15. The van der Waals surface area contributed by atoms with Gasteiger partial charge in [0.2, 0.25) is 15.9 Å². The molecule has 0 radical (unpaired) electrons. The Morgan fingerprint density at radius 2 is 1.97 bits per heavy atom. The van der Waals surface area contributed by atoms with Gasteiger partial charge < -0.3 is 4.42 Å². The van der Waals surface area contributed by atoms with Crippen molar-refractivity contribution in [2.45, 2.75) is 37.6 Å². The number of sulfonamides is 1. The molecule has 3 aromatic rings.